The van der Waals surface area contributed by atoms with Gasteiger partial charge in [0.05, 0.1) is 30.4 Å². The monoisotopic (exact) mass is 322 g/mol. The van der Waals surface area contributed by atoms with Gasteiger partial charge in [-0.05, 0) is 12.1 Å². The quantitative estimate of drug-likeness (QED) is 0.771. The number of thioether (sulfide) groups is 1. The number of amides is 2. The van der Waals surface area contributed by atoms with Crippen LogP contribution in [0.3, 0.4) is 0 Å². The second kappa shape index (κ2) is 7.17. The van der Waals surface area contributed by atoms with Gasteiger partial charge in [-0.25, -0.2) is 4.98 Å². The zero-order valence-electron chi connectivity index (χ0n) is 12.7. The van der Waals surface area contributed by atoms with Crippen molar-refractivity contribution < 1.29 is 14.3 Å². The third-order valence-corrected chi connectivity index (χ3v) is 3.94. The Balaban J connectivity index is 1.96. The van der Waals surface area contributed by atoms with Crippen molar-refractivity contribution in [2.75, 3.05) is 33.5 Å². The van der Waals surface area contributed by atoms with Crippen molar-refractivity contribution >= 4 is 34.6 Å². The lowest BCUT2D eigenvalue weighted by molar-refractivity contribution is -0.132. The molecule has 0 unspecified atom stereocenters. The number of aromatic amines is 1. The van der Waals surface area contributed by atoms with E-state index in [4.69, 9.17) is 4.74 Å². The molecule has 1 aromatic heterocycles. The van der Waals surface area contributed by atoms with Crippen molar-refractivity contribution in [1.82, 2.24) is 20.2 Å². The molecule has 0 aliphatic rings. The molecule has 22 heavy (non-hydrogen) atoms. The largest absolute Gasteiger partial charge is 0.497 e. The van der Waals surface area contributed by atoms with Gasteiger partial charge in [0.15, 0.2) is 5.16 Å². The molecule has 0 radical (unpaired) electrons. The number of nitrogens with zero attached hydrogens (tertiary/aromatic N) is 2. The molecule has 118 valence electrons. The van der Waals surface area contributed by atoms with E-state index < -0.39 is 0 Å². The molecule has 2 N–H and O–H groups in total. The molecule has 0 aliphatic carbocycles. The molecule has 2 rings (SSSR count). The third kappa shape index (κ3) is 3.91. The zero-order valence-corrected chi connectivity index (χ0v) is 13.5. The van der Waals surface area contributed by atoms with Crippen LogP contribution in [0.5, 0.6) is 5.75 Å². The van der Waals surface area contributed by atoms with Crippen molar-refractivity contribution in [3.8, 4) is 5.75 Å². The van der Waals surface area contributed by atoms with E-state index in [1.165, 1.54) is 23.7 Å². The lowest BCUT2D eigenvalue weighted by atomic mass is 10.3. The molecule has 0 saturated heterocycles. The SMILES string of the molecule is CNC(=O)CN(C)C(=O)CSc1nc2ccc(OC)cc2[nH]1. The predicted octanol–water partition coefficient (Wildman–Crippen LogP) is 0.868. The van der Waals surface area contributed by atoms with E-state index in [1.807, 2.05) is 18.2 Å². The number of likely N-dealkylation sites (N-methyl/N-ethyl adjacent to an activating group) is 2. The number of fused-ring (bicyclic) bond motifs is 1. The summed E-state index contributed by atoms with van der Waals surface area (Å²) in [5.41, 5.74) is 1.67. The van der Waals surface area contributed by atoms with Crippen LogP contribution in [0.25, 0.3) is 11.0 Å². The van der Waals surface area contributed by atoms with Gasteiger partial charge < -0.3 is 19.9 Å². The average molecular weight is 322 g/mol. The number of nitrogens with one attached hydrogen (secondary N) is 2. The van der Waals surface area contributed by atoms with Crippen LogP contribution in [0, 0.1) is 0 Å². The highest BCUT2D eigenvalue weighted by Crippen LogP contribution is 2.23. The summed E-state index contributed by atoms with van der Waals surface area (Å²) < 4.78 is 5.16. The lowest BCUT2D eigenvalue weighted by Crippen LogP contribution is -2.37. The van der Waals surface area contributed by atoms with Crippen molar-refractivity contribution in [1.29, 1.82) is 0 Å². The molecular weight excluding hydrogens is 304 g/mol. The molecule has 0 atom stereocenters. The Hall–Kier alpha value is -2.22. The maximum Gasteiger partial charge on any atom is 0.239 e. The van der Waals surface area contributed by atoms with E-state index in [-0.39, 0.29) is 24.1 Å². The van der Waals surface area contributed by atoms with Crippen LogP contribution >= 0.6 is 11.8 Å². The Morgan fingerprint density at radius 1 is 1.45 bits per heavy atom. The van der Waals surface area contributed by atoms with Gasteiger partial charge in [0, 0.05) is 20.2 Å². The first kappa shape index (κ1) is 16.2. The summed E-state index contributed by atoms with van der Waals surface area (Å²) in [6.45, 7) is 0.0488. The standard InChI is InChI=1S/C14H18N4O3S/c1-15-12(19)7-18(2)13(20)8-22-14-16-10-5-4-9(21-3)6-11(10)17-14/h4-6H,7-8H2,1-3H3,(H,15,19)(H,16,17). The number of carbonyl (C=O) groups excluding carboxylic acids is 2. The first-order valence-electron chi connectivity index (χ1n) is 6.64. The highest BCUT2D eigenvalue weighted by molar-refractivity contribution is 7.99. The van der Waals surface area contributed by atoms with Gasteiger partial charge in [0.1, 0.15) is 5.75 Å². The average Bonchev–Trinajstić information content (AvgIpc) is 2.93. The van der Waals surface area contributed by atoms with E-state index in [9.17, 15) is 9.59 Å². The number of hydrogen-bond acceptors (Lipinski definition) is 5. The van der Waals surface area contributed by atoms with E-state index >= 15 is 0 Å². The van der Waals surface area contributed by atoms with Crippen LogP contribution in [0.15, 0.2) is 23.4 Å². The van der Waals surface area contributed by atoms with Gasteiger partial charge in [-0.15, -0.1) is 0 Å². The normalized spacial score (nSPS) is 10.5. The highest BCUT2D eigenvalue weighted by Gasteiger charge is 2.13. The molecule has 1 aromatic carbocycles. The Morgan fingerprint density at radius 2 is 2.23 bits per heavy atom. The summed E-state index contributed by atoms with van der Waals surface area (Å²) in [7, 11) is 4.74. The van der Waals surface area contributed by atoms with Gasteiger partial charge in [-0.1, -0.05) is 11.8 Å². The second-order valence-corrected chi connectivity index (χ2v) is 5.60. The number of hydrogen-bond donors (Lipinski definition) is 2. The van der Waals surface area contributed by atoms with Crippen LogP contribution in [0.2, 0.25) is 0 Å². The fraction of sp³-hybridized carbons (Fsp3) is 0.357. The Morgan fingerprint density at radius 3 is 2.91 bits per heavy atom. The first-order valence-corrected chi connectivity index (χ1v) is 7.63. The molecule has 0 saturated carbocycles. The van der Waals surface area contributed by atoms with Crippen molar-refractivity contribution in [2.24, 2.45) is 0 Å². The van der Waals surface area contributed by atoms with Crippen LogP contribution in [0.4, 0.5) is 0 Å². The number of benzene rings is 1. The maximum atomic E-state index is 11.9. The van der Waals surface area contributed by atoms with Gasteiger partial charge >= 0.3 is 0 Å². The Bertz CT molecular complexity index is 686. The fourth-order valence-corrected chi connectivity index (χ4v) is 2.61. The molecule has 0 bridgehead atoms. The molecule has 2 aromatic rings. The van der Waals surface area contributed by atoms with E-state index in [0.717, 1.165) is 16.8 Å². The number of aromatic nitrogens is 2. The molecular formula is C14H18N4O3S. The fourth-order valence-electron chi connectivity index (χ4n) is 1.78. The number of H-pyrrole nitrogens is 1. The summed E-state index contributed by atoms with van der Waals surface area (Å²) in [5.74, 6) is 0.627. The minimum absolute atomic E-state index is 0.0488. The predicted molar refractivity (Wildman–Crippen MR) is 85.1 cm³/mol. The van der Waals surface area contributed by atoms with Gasteiger partial charge in [-0.3, -0.25) is 9.59 Å². The number of ether oxygens (including phenoxy) is 1. The first-order chi connectivity index (χ1) is 10.5. The maximum absolute atomic E-state index is 11.9. The van der Waals surface area contributed by atoms with Crippen LogP contribution in [-0.4, -0.2) is 60.2 Å². The van der Waals surface area contributed by atoms with Crippen molar-refractivity contribution in [2.45, 2.75) is 5.16 Å². The molecule has 8 heteroatoms. The number of imidazole rings is 1. The van der Waals surface area contributed by atoms with Gasteiger partial charge in [-0.2, -0.15) is 0 Å². The molecule has 0 spiro atoms. The van der Waals surface area contributed by atoms with Crippen molar-refractivity contribution in [3.63, 3.8) is 0 Å². The molecule has 2 amide bonds. The minimum atomic E-state index is -0.198. The van der Waals surface area contributed by atoms with Gasteiger partial charge in [0.25, 0.3) is 0 Å². The third-order valence-electron chi connectivity index (χ3n) is 3.09. The molecule has 0 aliphatic heterocycles. The summed E-state index contributed by atoms with van der Waals surface area (Å²) in [6, 6.07) is 5.54. The van der Waals surface area contributed by atoms with E-state index in [2.05, 4.69) is 15.3 Å². The van der Waals surface area contributed by atoms with E-state index in [1.54, 1.807) is 14.2 Å². The van der Waals surface area contributed by atoms with Crippen LogP contribution in [-0.2, 0) is 9.59 Å². The Labute approximate surface area is 132 Å². The molecule has 0 fully saturated rings. The summed E-state index contributed by atoms with van der Waals surface area (Å²) in [6.07, 6.45) is 0. The minimum Gasteiger partial charge on any atom is -0.497 e. The summed E-state index contributed by atoms with van der Waals surface area (Å²) >= 11 is 1.30. The molecule has 1 heterocycles. The lowest BCUT2D eigenvalue weighted by Gasteiger charge is -2.15. The topological polar surface area (TPSA) is 87.3 Å². The number of carbonyl (C=O) groups is 2. The second-order valence-electron chi connectivity index (χ2n) is 4.64. The number of rotatable bonds is 6. The highest BCUT2D eigenvalue weighted by atomic mass is 32.2. The van der Waals surface area contributed by atoms with Crippen LogP contribution < -0.4 is 10.1 Å². The number of methoxy groups -OCH3 is 1. The Kier molecular flexibility index (Phi) is 5.26. The summed E-state index contributed by atoms with van der Waals surface area (Å²) in [4.78, 5) is 32.1. The van der Waals surface area contributed by atoms with Gasteiger partial charge in [0.2, 0.25) is 11.8 Å². The summed E-state index contributed by atoms with van der Waals surface area (Å²) in [5, 5.41) is 3.14. The smallest absolute Gasteiger partial charge is 0.239 e. The zero-order chi connectivity index (χ0) is 16.1. The molecule has 7 nitrogen and oxygen atoms in total. The van der Waals surface area contributed by atoms with Crippen molar-refractivity contribution in [3.05, 3.63) is 18.2 Å². The van der Waals surface area contributed by atoms with Crippen LogP contribution in [0.1, 0.15) is 0 Å². The van der Waals surface area contributed by atoms with E-state index in [0.29, 0.717) is 5.16 Å².